The molecule has 3 N–H and O–H groups in total. The molecule has 20 heavy (non-hydrogen) atoms. The number of aromatic hydroxyl groups is 2. The summed E-state index contributed by atoms with van der Waals surface area (Å²) < 4.78 is 1.91. The highest BCUT2D eigenvalue weighted by molar-refractivity contribution is 9.11. The van der Waals surface area contributed by atoms with Crippen LogP contribution in [0.2, 0.25) is 0 Å². The summed E-state index contributed by atoms with van der Waals surface area (Å²) >= 11 is 7.07. The lowest BCUT2D eigenvalue weighted by molar-refractivity contribution is 0.444. The van der Waals surface area contributed by atoms with Crippen molar-refractivity contribution in [2.75, 3.05) is 5.32 Å². The molecule has 1 atom stereocenters. The first kappa shape index (κ1) is 15.2. The summed E-state index contributed by atoms with van der Waals surface area (Å²) in [6.07, 6.45) is 0. The fourth-order valence-corrected chi connectivity index (χ4v) is 3.67. The number of aryl methyl sites for hydroxylation is 1. The van der Waals surface area contributed by atoms with Gasteiger partial charge in [0.2, 0.25) is 0 Å². The Morgan fingerprint density at radius 3 is 2.20 bits per heavy atom. The molecule has 0 aliphatic rings. The van der Waals surface area contributed by atoms with E-state index in [-0.39, 0.29) is 17.5 Å². The van der Waals surface area contributed by atoms with E-state index in [0.717, 1.165) is 25.8 Å². The summed E-state index contributed by atoms with van der Waals surface area (Å²) in [5.74, 6) is 0.125. The minimum absolute atomic E-state index is 0.0520. The van der Waals surface area contributed by atoms with E-state index in [4.69, 9.17) is 0 Å². The zero-order valence-electron chi connectivity index (χ0n) is 11.1. The first-order chi connectivity index (χ1) is 9.38. The molecular weight excluding hydrogens is 386 g/mol. The molecule has 106 valence electrons. The van der Waals surface area contributed by atoms with Crippen LogP contribution in [0.15, 0.2) is 39.3 Å². The maximum absolute atomic E-state index is 9.90. The van der Waals surface area contributed by atoms with E-state index < -0.39 is 0 Å². The van der Waals surface area contributed by atoms with Crippen LogP contribution in [0.1, 0.15) is 24.1 Å². The predicted octanol–water partition coefficient (Wildman–Crippen LogP) is 5.10. The highest BCUT2D eigenvalue weighted by atomic mass is 79.9. The Balaban J connectivity index is 2.30. The first-order valence-electron chi connectivity index (χ1n) is 6.12. The summed E-state index contributed by atoms with van der Waals surface area (Å²) in [7, 11) is 0. The third-order valence-corrected chi connectivity index (χ3v) is 4.28. The van der Waals surface area contributed by atoms with Gasteiger partial charge in [-0.15, -0.1) is 0 Å². The van der Waals surface area contributed by atoms with Gasteiger partial charge in [-0.3, -0.25) is 0 Å². The second-order valence-corrected chi connectivity index (χ2v) is 6.42. The Bertz CT molecular complexity index is 621. The van der Waals surface area contributed by atoms with Crippen molar-refractivity contribution in [3.63, 3.8) is 0 Å². The van der Waals surface area contributed by atoms with Crippen molar-refractivity contribution in [3.05, 3.63) is 50.4 Å². The van der Waals surface area contributed by atoms with Crippen LogP contribution < -0.4 is 5.32 Å². The molecule has 5 heteroatoms. The Morgan fingerprint density at radius 1 is 1.05 bits per heavy atom. The van der Waals surface area contributed by atoms with Crippen molar-refractivity contribution in [2.24, 2.45) is 0 Å². The van der Waals surface area contributed by atoms with E-state index in [2.05, 4.69) is 37.2 Å². The standard InChI is InChI=1S/C15H15Br2NO2/c1-8-5-12(16)15(13(17)6-8)18-9(2)11-4-3-10(19)7-14(11)20/h3-7,9,18-20H,1-2H3. The van der Waals surface area contributed by atoms with Crippen LogP contribution in [-0.2, 0) is 0 Å². The molecule has 0 saturated carbocycles. The summed E-state index contributed by atoms with van der Waals surface area (Å²) in [5.41, 5.74) is 2.80. The lowest BCUT2D eigenvalue weighted by atomic mass is 10.1. The van der Waals surface area contributed by atoms with Crippen LogP contribution in [0, 0.1) is 6.92 Å². The van der Waals surface area contributed by atoms with Gasteiger partial charge in [0.15, 0.2) is 0 Å². The topological polar surface area (TPSA) is 52.5 Å². The maximum Gasteiger partial charge on any atom is 0.124 e. The summed E-state index contributed by atoms with van der Waals surface area (Å²) in [5, 5.41) is 22.6. The molecule has 1 unspecified atom stereocenters. The van der Waals surface area contributed by atoms with Crippen molar-refractivity contribution in [1.29, 1.82) is 0 Å². The molecular formula is C15H15Br2NO2. The average molecular weight is 401 g/mol. The van der Waals surface area contributed by atoms with E-state index in [9.17, 15) is 10.2 Å². The van der Waals surface area contributed by atoms with Gasteiger partial charge < -0.3 is 15.5 Å². The molecule has 0 heterocycles. The molecule has 0 fully saturated rings. The first-order valence-corrected chi connectivity index (χ1v) is 7.71. The van der Waals surface area contributed by atoms with Crippen LogP contribution >= 0.6 is 31.9 Å². The lowest BCUT2D eigenvalue weighted by Gasteiger charge is -2.19. The van der Waals surface area contributed by atoms with Crippen LogP contribution in [0.3, 0.4) is 0 Å². The van der Waals surface area contributed by atoms with Gasteiger partial charge >= 0.3 is 0 Å². The lowest BCUT2D eigenvalue weighted by Crippen LogP contribution is -2.08. The third kappa shape index (κ3) is 3.27. The Morgan fingerprint density at radius 2 is 1.65 bits per heavy atom. The third-order valence-electron chi connectivity index (χ3n) is 3.03. The minimum Gasteiger partial charge on any atom is -0.508 e. The number of phenols is 2. The molecule has 2 aromatic rings. The fourth-order valence-electron chi connectivity index (χ4n) is 2.03. The second-order valence-electron chi connectivity index (χ2n) is 4.71. The van der Waals surface area contributed by atoms with Crippen molar-refractivity contribution < 1.29 is 10.2 Å². The molecule has 0 radical (unpaired) electrons. The van der Waals surface area contributed by atoms with Gasteiger partial charge in [-0.25, -0.2) is 0 Å². The predicted molar refractivity (Wildman–Crippen MR) is 88.4 cm³/mol. The highest BCUT2D eigenvalue weighted by Gasteiger charge is 2.14. The number of anilines is 1. The normalized spacial score (nSPS) is 12.2. The number of hydrogen-bond donors (Lipinski definition) is 3. The quantitative estimate of drug-likeness (QED) is 0.671. The van der Waals surface area contributed by atoms with Gasteiger partial charge in [0.1, 0.15) is 11.5 Å². The van der Waals surface area contributed by atoms with Gasteiger partial charge in [-0.05, 0) is 75.5 Å². The smallest absolute Gasteiger partial charge is 0.124 e. The Kier molecular flexibility index (Phi) is 4.60. The summed E-state index contributed by atoms with van der Waals surface area (Å²) in [4.78, 5) is 0. The Hall–Kier alpha value is -1.20. The zero-order chi connectivity index (χ0) is 14.9. The number of benzene rings is 2. The van der Waals surface area contributed by atoms with Crippen molar-refractivity contribution >= 4 is 37.5 Å². The van der Waals surface area contributed by atoms with Gasteiger partial charge in [-0.2, -0.15) is 0 Å². The number of nitrogens with one attached hydrogen (secondary N) is 1. The van der Waals surface area contributed by atoms with E-state index >= 15 is 0 Å². The molecule has 0 aliphatic carbocycles. The number of hydrogen-bond acceptors (Lipinski definition) is 3. The molecule has 0 aliphatic heterocycles. The van der Waals surface area contributed by atoms with Gasteiger partial charge in [0.25, 0.3) is 0 Å². The largest absolute Gasteiger partial charge is 0.508 e. The molecule has 3 nitrogen and oxygen atoms in total. The molecule has 0 amide bonds. The fraction of sp³-hybridized carbons (Fsp3) is 0.200. The van der Waals surface area contributed by atoms with Crippen molar-refractivity contribution in [2.45, 2.75) is 19.9 Å². The number of halogens is 2. The molecule has 0 saturated heterocycles. The molecule has 0 bridgehead atoms. The average Bonchev–Trinajstić information content (AvgIpc) is 2.33. The van der Waals surface area contributed by atoms with Crippen LogP contribution in [0.5, 0.6) is 11.5 Å². The summed E-state index contributed by atoms with van der Waals surface area (Å²) in [6, 6.07) is 8.55. The molecule has 2 rings (SSSR count). The van der Waals surface area contributed by atoms with Crippen LogP contribution in [-0.4, -0.2) is 10.2 Å². The van der Waals surface area contributed by atoms with Crippen LogP contribution in [0.25, 0.3) is 0 Å². The van der Waals surface area contributed by atoms with Crippen molar-refractivity contribution in [3.8, 4) is 11.5 Å². The highest BCUT2D eigenvalue weighted by Crippen LogP contribution is 2.36. The summed E-state index contributed by atoms with van der Waals surface area (Å²) in [6.45, 7) is 3.97. The van der Waals surface area contributed by atoms with E-state index in [1.54, 1.807) is 12.1 Å². The van der Waals surface area contributed by atoms with E-state index in [1.165, 1.54) is 6.07 Å². The van der Waals surface area contributed by atoms with Crippen LogP contribution in [0.4, 0.5) is 5.69 Å². The Labute approximate surface area is 134 Å². The molecule has 0 aromatic heterocycles. The van der Waals surface area contributed by atoms with E-state index in [1.807, 2.05) is 26.0 Å². The maximum atomic E-state index is 9.90. The van der Waals surface area contributed by atoms with Crippen molar-refractivity contribution in [1.82, 2.24) is 0 Å². The molecule has 2 aromatic carbocycles. The second kappa shape index (κ2) is 6.06. The molecule has 0 spiro atoms. The van der Waals surface area contributed by atoms with Gasteiger partial charge in [-0.1, -0.05) is 0 Å². The van der Waals surface area contributed by atoms with E-state index in [0.29, 0.717) is 0 Å². The van der Waals surface area contributed by atoms with Gasteiger partial charge in [0.05, 0.1) is 11.7 Å². The zero-order valence-corrected chi connectivity index (χ0v) is 14.3. The number of phenolic OH excluding ortho intramolecular Hbond substituents is 2. The SMILES string of the molecule is Cc1cc(Br)c(NC(C)c2ccc(O)cc2O)c(Br)c1. The van der Waals surface area contributed by atoms with Gasteiger partial charge in [0, 0.05) is 20.6 Å². The number of rotatable bonds is 3. The monoisotopic (exact) mass is 399 g/mol. The minimum atomic E-state index is -0.106.